The van der Waals surface area contributed by atoms with Gasteiger partial charge in [0.05, 0.1) is 18.2 Å². The van der Waals surface area contributed by atoms with E-state index in [4.69, 9.17) is 4.42 Å². The number of nitrogens with one attached hydrogen (secondary N) is 1. The van der Waals surface area contributed by atoms with Crippen LogP contribution in [0.25, 0.3) is 11.1 Å². The van der Waals surface area contributed by atoms with E-state index in [1.165, 1.54) is 13.4 Å². The Bertz CT molecular complexity index is 1140. The topological polar surface area (TPSA) is 103 Å². The van der Waals surface area contributed by atoms with E-state index in [0.717, 1.165) is 25.7 Å². The van der Waals surface area contributed by atoms with E-state index in [2.05, 4.69) is 15.0 Å². The van der Waals surface area contributed by atoms with Gasteiger partial charge in [0.1, 0.15) is 17.5 Å². The van der Waals surface area contributed by atoms with Crippen molar-refractivity contribution in [2.45, 2.75) is 38.6 Å². The number of carbonyl (C=O) groups is 2. The Balaban J connectivity index is 1.68. The maximum atomic E-state index is 13.1. The van der Waals surface area contributed by atoms with Crippen LogP contribution in [-0.4, -0.2) is 28.5 Å². The fourth-order valence-electron chi connectivity index (χ4n) is 3.83. The molecule has 8 nitrogen and oxygen atoms in total. The molecule has 1 aliphatic rings. The van der Waals surface area contributed by atoms with Gasteiger partial charge in [-0.2, -0.15) is 0 Å². The molecule has 1 fully saturated rings. The van der Waals surface area contributed by atoms with Crippen molar-refractivity contribution in [3.05, 3.63) is 57.8 Å². The highest BCUT2D eigenvalue weighted by molar-refractivity contribution is 6.12. The van der Waals surface area contributed by atoms with Gasteiger partial charge in [0.2, 0.25) is 5.71 Å². The smallest absolute Gasteiger partial charge is 0.337 e. The van der Waals surface area contributed by atoms with E-state index in [-0.39, 0.29) is 28.3 Å². The number of ether oxygens (including phenoxy) is 1. The van der Waals surface area contributed by atoms with Gasteiger partial charge in [-0.1, -0.05) is 12.8 Å². The van der Waals surface area contributed by atoms with Crippen LogP contribution in [0.4, 0.5) is 5.69 Å². The SMILES string of the molecule is COC(=O)c1ccc(NC(=O)c2c(C)oc3ncn(C4CCCC4)c(=O)c23)cc1. The number of benzene rings is 1. The zero-order valence-electron chi connectivity index (χ0n) is 16.2. The number of fused-ring (bicyclic) bond motifs is 1. The van der Waals surface area contributed by atoms with Gasteiger partial charge in [-0.25, -0.2) is 9.78 Å². The summed E-state index contributed by atoms with van der Waals surface area (Å²) in [4.78, 5) is 41.8. The van der Waals surface area contributed by atoms with E-state index < -0.39 is 11.9 Å². The quantitative estimate of drug-likeness (QED) is 0.679. The molecule has 0 spiro atoms. The Morgan fingerprint density at radius 3 is 2.55 bits per heavy atom. The van der Waals surface area contributed by atoms with Crippen LogP contribution in [0.3, 0.4) is 0 Å². The van der Waals surface area contributed by atoms with Gasteiger partial charge in [0, 0.05) is 11.7 Å². The average Bonchev–Trinajstić information content (AvgIpc) is 3.36. The molecule has 150 valence electrons. The molecule has 1 aromatic carbocycles. The summed E-state index contributed by atoms with van der Waals surface area (Å²) in [6.45, 7) is 1.64. The molecule has 29 heavy (non-hydrogen) atoms. The van der Waals surface area contributed by atoms with Gasteiger partial charge in [-0.15, -0.1) is 0 Å². The maximum absolute atomic E-state index is 13.1. The molecule has 0 aliphatic heterocycles. The highest BCUT2D eigenvalue weighted by atomic mass is 16.5. The van der Waals surface area contributed by atoms with Crippen LogP contribution in [0.5, 0.6) is 0 Å². The van der Waals surface area contributed by atoms with Crippen molar-refractivity contribution in [2.75, 3.05) is 12.4 Å². The van der Waals surface area contributed by atoms with Crippen molar-refractivity contribution in [3.8, 4) is 0 Å². The summed E-state index contributed by atoms with van der Waals surface area (Å²) in [5, 5.41) is 2.95. The van der Waals surface area contributed by atoms with Crippen molar-refractivity contribution < 1.29 is 18.7 Å². The summed E-state index contributed by atoms with van der Waals surface area (Å²) in [7, 11) is 1.30. The fraction of sp³-hybridized carbons (Fsp3) is 0.333. The number of aryl methyl sites for hydroxylation is 1. The van der Waals surface area contributed by atoms with E-state index in [1.54, 1.807) is 35.8 Å². The molecule has 0 unspecified atom stereocenters. The first-order valence-electron chi connectivity index (χ1n) is 9.49. The molecule has 0 bridgehead atoms. The van der Waals surface area contributed by atoms with Gasteiger partial charge >= 0.3 is 5.97 Å². The van der Waals surface area contributed by atoms with Crippen molar-refractivity contribution in [1.82, 2.24) is 9.55 Å². The van der Waals surface area contributed by atoms with Crippen LogP contribution in [0.2, 0.25) is 0 Å². The third-order valence-electron chi connectivity index (χ3n) is 5.32. The number of aromatic nitrogens is 2. The summed E-state index contributed by atoms with van der Waals surface area (Å²) in [6, 6.07) is 6.40. The molecule has 0 saturated heterocycles. The second-order valence-electron chi connectivity index (χ2n) is 7.13. The van der Waals surface area contributed by atoms with Gasteiger partial charge < -0.3 is 14.5 Å². The molecular weight excluding hydrogens is 374 g/mol. The maximum Gasteiger partial charge on any atom is 0.337 e. The molecule has 0 radical (unpaired) electrons. The Morgan fingerprint density at radius 2 is 1.90 bits per heavy atom. The minimum atomic E-state index is -0.463. The van der Waals surface area contributed by atoms with Gasteiger partial charge in [-0.05, 0) is 44.0 Å². The number of furan rings is 1. The second-order valence-corrected chi connectivity index (χ2v) is 7.13. The third kappa shape index (κ3) is 3.41. The lowest BCUT2D eigenvalue weighted by Crippen LogP contribution is -2.25. The number of anilines is 1. The van der Waals surface area contributed by atoms with Crippen LogP contribution >= 0.6 is 0 Å². The van der Waals surface area contributed by atoms with Gasteiger partial charge in [0.25, 0.3) is 11.5 Å². The van der Waals surface area contributed by atoms with E-state index in [1.807, 2.05) is 0 Å². The number of amides is 1. The van der Waals surface area contributed by atoms with Crippen LogP contribution in [0.1, 0.15) is 58.2 Å². The van der Waals surface area contributed by atoms with Crippen molar-refractivity contribution in [2.24, 2.45) is 0 Å². The minimum absolute atomic E-state index is 0.108. The Hall–Kier alpha value is -3.42. The van der Waals surface area contributed by atoms with E-state index in [0.29, 0.717) is 17.0 Å². The van der Waals surface area contributed by atoms with Crippen LogP contribution < -0.4 is 10.9 Å². The lowest BCUT2D eigenvalue weighted by atomic mass is 10.1. The largest absolute Gasteiger partial charge is 0.465 e. The number of esters is 1. The van der Waals surface area contributed by atoms with Gasteiger partial charge in [0.15, 0.2) is 0 Å². The molecule has 2 aromatic heterocycles. The lowest BCUT2D eigenvalue weighted by Gasteiger charge is -2.12. The zero-order chi connectivity index (χ0) is 20.5. The molecule has 1 N–H and O–H groups in total. The van der Waals surface area contributed by atoms with Crippen molar-refractivity contribution in [3.63, 3.8) is 0 Å². The van der Waals surface area contributed by atoms with E-state index in [9.17, 15) is 14.4 Å². The summed E-state index contributed by atoms with van der Waals surface area (Å²) in [5.41, 5.74) is 0.940. The number of nitrogens with zero attached hydrogens (tertiary/aromatic N) is 2. The summed E-state index contributed by atoms with van der Waals surface area (Å²) in [5.74, 6) is -0.592. The average molecular weight is 395 g/mol. The minimum Gasteiger partial charge on any atom is -0.465 e. The first kappa shape index (κ1) is 18.9. The number of rotatable bonds is 4. The summed E-state index contributed by atoms with van der Waals surface area (Å²) in [6.07, 6.45) is 5.52. The number of hydrogen-bond acceptors (Lipinski definition) is 6. The number of carbonyl (C=O) groups excluding carboxylic acids is 2. The van der Waals surface area contributed by atoms with Gasteiger partial charge in [-0.3, -0.25) is 14.2 Å². The first-order chi connectivity index (χ1) is 14.0. The zero-order valence-corrected chi connectivity index (χ0v) is 16.2. The molecule has 3 aromatic rings. The van der Waals surface area contributed by atoms with E-state index >= 15 is 0 Å². The van der Waals surface area contributed by atoms with Crippen LogP contribution in [0, 0.1) is 6.92 Å². The molecule has 2 heterocycles. The molecule has 1 aliphatic carbocycles. The predicted molar refractivity (Wildman–Crippen MR) is 106 cm³/mol. The standard InChI is InChI=1S/C21H21N3O5/c1-12-16(18(25)23-14-9-7-13(8-10-14)21(27)28-2)17-19(29-12)22-11-24(20(17)26)15-5-3-4-6-15/h7-11,15H,3-6H2,1-2H3,(H,23,25). The third-order valence-corrected chi connectivity index (χ3v) is 5.32. The van der Waals surface area contributed by atoms with Crippen LogP contribution in [0.15, 0.2) is 39.8 Å². The fourth-order valence-corrected chi connectivity index (χ4v) is 3.83. The molecular formula is C21H21N3O5. The van der Waals surface area contributed by atoms with Crippen molar-refractivity contribution >= 4 is 28.7 Å². The Morgan fingerprint density at radius 1 is 1.21 bits per heavy atom. The normalized spacial score (nSPS) is 14.3. The Labute approximate surface area is 166 Å². The number of methoxy groups -OCH3 is 1. The van der Waals surface area contributed by atoms with Crippen LogP contribution in [-0.2, 0) is 4.74 Å². The molecule has 1 amide bonds. The molecule has 8 heteroatoms. The highest BCUT2D eigenvalue weighted by Gasteiger charge is 2.26. The molecule has 4 rings (SSSR count). The predicted octanol–water partition coefficient (Wildman–Crippen LogP) is 3.45. The van der Waals surface area contributed by atoms with Crippen molar-refractivity contribution in [1.29, 1.82) is 0 Å². The number of hydrogen-bond donors (Lipinski definition) is 1. The molecule has 1 saturated carbocycles. The highest BCUT2D eigenvalue weighted by Crippen LogP contribution is 2.29. The monoisotopic (exact) mass is 395 g/mol. The molecule has 0 atom stereocenters. The second kappa shape index (κ2) is 7.54. The summed E-state index contributed by atoms with van der Waals surface area (Å²) >= 11 is 0. The lowest BCUT2D eigenvalue weighted by molar-refractivity contribution is 0.0600. The summed E-state index contributed by atoms with van der Waals surface area (Å²) < 4.78 is 11.9. The Kier molecular flexibility index (Phi) is 4.92. The first-order valence-corrected chi connectivity index (χ1v) is 9.49.